The van der Waals surface area contributed by atoms with Crippen LogP contribution in [0.5, 0.6) is 0 Å². The zero-order chi connectivity index (χ0) is 16.8. The van der Waals surface area contributed by atoms with Crippen molar-refractivity contribution in [2.75, 3.05) is 24.5 Å². The summed E-state index contributed by atoms with van der Waals surface area (Å²) in [6.45, 7) is 5.03. The molecule has 0 unspecified atom stereocenters. The minimum absolute atomic E-state index is 0. The van der Waals surface area contributed by atoms with Crippen LogP contribution in [0, 0.1) is 0 Å². The molecule has 2 aromatic rings. The first-order valence-corrected chi connectivity index (χ1v) is 8.89. The van der Waals surface area contributed by atoms with Crippen LogP contribution in [0.4, 0.5) is 5.69 Å². The molecule has 3 rings (SSSR count). The Kier molecular flexibility index (Phi) is 7.53. The van der Waals surface area contributed by atoms with Gasteiger partial charge in [-0.05, 0) is 37.1 Å². The van der Waals surface area contributed by atoms with Crippen molar-refractivity contribution < 1.29 is 9.21 Å². The topological polar surface area (TPSA) is 36.7 Å². The number of carbonyl (C=O) groups excluding carboxylic acids is 1. The maximum atomic E-state index is 12.5. The molecule has 2 heterocycles. The van der Waals surface area contributed by atoms with Crippen LogP contribution < -0.4 is 4.90 Å². The quantitative estimate of drug-likeness (QED) is 0.774. The second-order valence-electron chi connectivity index (χ2n) is 6.36. The smallest absolute Gasteiger partial charge is 0.226 e. The first kappa shape index (κ1) is 19.5. The lowest BCUT2D eigenvalue weighted by Crippen LogP contribution is -2.47. The van der Waals surface area contributed by atoms with E-state index in [0.29, 0.717) is 12.5 Å². The third-order valence-electron chi connectivity index (χ3n) is 4.78. The van der Waals surface area contributed by atoms with Gasteiger partial charge in [0.05, 0.1) is 6.26 Å². The largest absolute Gasteiger partial charge is 0.469 e. The lowest BCUT2D eigenvalue weighted by atomic mass is 10.0. The maximum Gasteiger partial charge on any atom is 0.226 e. The molecular weight excluding hydrogens is 336 g/mol. The van der Waals surface area contributed by atoms with E-state index in [1.807, 2.05) is 54.3 Å². The fraction of sp³-hybridized carbons (Fsp3) is 0.450. The third kappa shape index (κ3) is 5.10. The van der Waals surface area contributed by atoms with E-state index in [1.165, 1.54) is 0 Å². The Hall–Kier alpha value is -1.78. The normalized spacial score (nSPS) is 15.6. The van der Waals surface area contributed by atoms with Crippen molar-refractivity contribution in [1.82, 2.24) is 4.90 Å². The zero-order valence-corrected chi connectivity index (χ0v) is 15.6. The van der Waals surface area contributed by atoms with Crippen molar-refractivity contribution >= 4 is 24.0 Å². The van der Waals surface area contributed by atoms with Crippen LogP contribution in [0.25, 0.3) is 0 Å². The number of hydrogen-bond acceptors (Lipinski definition) is 3. The van der Waals surface area contributed by atoms with Gasteiger partial charge in [0.1, 0.15) is 5.76 Å². The lowest BCUT2D eigenvalue weighted by Gasteiger charge is -2.38. The molecule has 0 radical (unpaired) electrons. The molecule has 1 aromatic carbocycles. The van der Waals surface area contributed by atoms with E-state index in [0.717, 1.165) is 50.3 Å². The van der Waals surface area contributed by atoms with Gasteiger partial charge in [0, 0.05) is 44.2 Å². The maximum absolute atomic E-state index is 12.5. The molecule has 1 amide bonds. The van der Waals surface area contributed by atoms with E-state index in [4.69, 9.17) is 4.42 Å². The van der Waals surface area contributed by atoms with Gasteiger partial charge in [-0.2, -0.15) is 0 Å². The Morgan fingerprint density at radius 2 is 1.88 bits per heavy atom. The Balaban J connectivity index is 0.00000225. The molecule has 1 aliphatic heterocycles. The number of carbonyl (C=O) groups is 1. The van der Waals surface area contributed by atoms with E-state index >= 15 is 0 Å². The molecule has 1 aliphatic rings. The summed E-state index contributed by atoms with van der Waals surface area (Å²) in [5.41, 5.74) is 1.03. The number of benzene rings is 1. The third-order valence-corrected chi connectivity index (χ3v) is 4.78. The van der Waals surface area contributed by atoms with Gasteiger partial charge in [0.2, 0.25) is 5.91 Å². The summed E-state index contributed by atoms with van der Waals surface area (Å²) in [6, 6.07) is 14.4. The summed E-state index contributed by atoms with van der Waals surface area (Å²) in [5.74, 6) is 1.26. The minimum atomic E-state index is 0. The predicted molar refractivity (Wildman–Crippen MR) is 103 cm³/mol. The van der Waals surface area contributed by atoms with Gasteiger partial charge in [-0.1, -0.05) is 25.1 Å². The Morgan fingerprint density at radius 1 is 1.16 bits per heavy atom. The number of hydrogen-bond donors (Lipinski definition) is 0. The first-order chi connectivity index (χ1) is 11.8. The first-order valence-electron chi connectivity index (χ1n) is 8.89. The van der Waals surface area contributed by atoms with Gasteiger partial charge in [-0.25, -0.2) is 0 Å². The van der Waals surface area contributed by atoms with Gasteiger partial charge >= 0.3 is 0 Å². The van der Waals surface area contributed by atoms with Gasteiger partial charge in [0.15, 0.2) is 0 Å². The van der Waals surface area contributed by atoms with Crippen molar-refractivity contribution in [1.29, 1.82) is 0 Å². The summed E-state index contributed by atoms with van der Waals surface area (Å²) < 4.78 is 5.41. The summed E-state index contributed by atoms with van der Waals surface area (Å²) in [6.07, 6.45) is 5.29. The summed E-state index contributed by atoms with van der Waals surface area (Å²) in [4.78, 5) is 17.0. The number of likely N-dealkylation sites (tertiary alicyclic amines) is 1. The van der Waals surface area contributed by atoms with Crippen LogP contribution in [0.2, 0.25) is 0 Å². The molecule has 1 fully saturated rings. The SMILES string of the molecule is CCC(=O)N(c1ccccc1)C1CCN(CCc2ccco2)CC1.Cl. The Bertz CT molecular complexity index is 622. The number of nitrogens with zero attached hydrogens (tertiary/aromatic N) is 2. The summed E-state index contributed by atoms with van der Waals surface area (Å²) >= 11 is 0. The van der Waals surface area contributed by atoms with E-state index in [-0.39, 0.29) is 18.3 Å². The number of para-hydroxylation sites is 1. The number of amides is 1. The molecule has 136 valence electrons. The number of rotatable bonds is 6. The van der Waals surface area contributed by atoms with E-state index in [1.54, 1.807) is 6.26 Å². The molecule has 1 saturated heterocycles. The van der Waals surface area contributed by atoms with Crippen molar-refractivity contribution in [3.05, 3.63) is 54.5 Å². The standard InChI is InChI=1S/C20H26N2O2.ClH/c1-2-20(23)22(17-7-4-3-5-8-17)18-10-13-21(14-11-18)15-12-19-9-6-16-24-19;/h3-9,16,18H,2,10-15H2,1H3;1H. The molecule has 0 spiro atoms. The fourth-order valence-electron chi connectivity index (χ4n) is 3.44. The average Bonchev–Trinajstić information content (AvgIpc) is 3.15. The van der Waals surface area contributed by atoms with E-state index < -0.39 is 0 Å². The molecule has 0 atom stereocenters. The van der Waals surface area contributed by atoms with Crippen LogP contribution in [0.1, 0.15) is 31.9 Å². The number of halogens is 1. The summed E-state index contributed by atoms with van der Waals surface area (Å²) in [7, 11) is 0. The predicted octanol–water partition coefficient (Wildman–Crippen LogP) is 4.15. The molecule has 0 saturated carbocycles. The van der Waals surface area contributed by atoms with Crippen molar-refractivity contribution in [3.8, 4) is 0 Å². The highest BCUT2D eigenvalue weighted by atomic mass is 35.5. The highest BCUT2D eigenvalue weighted by Crippen LogP contribution is 2.24. The van der Waals surface area contributed by atoms with Crippen LogP contribution in [-0.4, -0.2) is 36.5 Å². The van der Waals surface area contributed by atoms with Crippen LogP contribution in [0.15, 0.2) is 53.1 Å². The monoisotopic (exact) mass is 362 g/mol. The highest BCUT2D eigenvalue weighted by Gasteiger charge is 2.28. The minimum Gasteiger partial charge on any atom is -0.469 e. The van der Waals surface area contributed by atoms with Crippen molar-refractivity contribution in [3.63, 3.8) is 0 Å². The van der Waals surface area contributed by atoms with Gasteiger partial charge in [0.25, 0.3) is 0 Å². The van der Waals surface area contributed by atoms with Gasteiger partial charge < -0.3 is 14.2 Å². The van der Waals surface area contributed by atoms with Gasteiger partial charge in [-0.15, -0.1) is 12.4 Å². The molecular formula is C20H27ClN2O2. The molecule has 0 N–H and O–H groups in total. The number of piperidine rings is 1. The molecule has 25 heavy (non-hydrogen) atoms. The Morgan fingerprint density at radius 3 is 2.48 bits per heavy atom. The highest BCUT2D eigenvalue weighted by molar-refractivity contribution is 5.93. The lowest BCUT2D eigenvalue weighted by molar-refractivity contribution is -0.119. The fourth-order valence-corrected chi connectivity index (χ4v) is 3.44. The van der Waals surface area contributed by atoms with Crippen LogP contribution >= 0.6 is 12.4 Å². The number of furan rings is 1. The van der Waals surface area contributed by atoms with Gasteiger partial charge in [-0.3, -0.25) is 4.79 Å². The zero-order valence-electron chi connectivity index (χ0n) is 14.8. The van der Waals surface area contributed by atoms with E-state index in [9.17, 15) is 4.79 Å². The second kappa shape index (κ2) is 9.64. The average molecular weight is 363 g/mol. The van der Waals surface area contributed by atoms with Crippen molar-refractivity contribution in [2.45, 2.75) is 38.6 Å². The molecule has 0 aliphatic carbocycles. The molecule has 5 heteroatoms. The molecule has 4 nitrogen and oxygen atoms in total. The van der Waals surface area contributed by atoms with E-state index in [2.05, 4.69) is 4.90 Å². The van der Waals surface area contributed by atoms with Crippen LogP contribution in [-0.2, 0) is 11.2 Å². The van der Waals surface area contributed by atoms with Crippen LogP contribution in [0.3, 0.4) is 0 Å². The second-order valence-corrected chi connectivity index (χ2v) is 6.36. The molecule has 0 bridgehead atoms. The Labute approximate surface area is 156 Å². The summed E-state index contributed by atoms with van der Waals surface area (Å²) in [5, 5.41) is 0. The molecule has 1 aromatic heterocycles. The van der Waals surface area contributed by atoms with Crippen molar-refractivity contribution in [2.24, 2.45) is 0 Å². The number of anilines is 1.